The summed E-state index contributed by atoms with van der Waals surface area (Å²) in [6.45, 7) is 7.32. The van der Waals surface area contributed by atoms with Crippen LogP contribution in [0.3, 0.4) is 0 Å². The van der Waals surface area contributed by atoms with E-state index in [1.54, 1.807) is 11.8 Å². The fourth-order valence-corrected chi connectivity index (χ4v) is 2.97. The maximum atomic E-state index is 5.62. The molecule has 3 nitrogen and oxygen atoms in total. The summed E-state index contributed by atoms with van der Waals surface area (Å²) in [5.41, 5.74) is 1.25. The van der Waals surface area contributed by atoms with Gasteiger partial charge in [-0.15, -0.1) is 11.8 Å². The maximum Gasteiger partial charge on any atom is 0.0960 e. The number of nitrogens with zero attached hydrogens (tertiary/aromatic N) is 1. The van der Waals surface area contributed by atoms with Crippen LogP contribution < -0.4 is 5.32 Å². The number of pyridine rings is 1. The summed E-state index contributed by atoms with van der Waals surface area (Å²) in [5.74, 6) is 1.71. The molecule has 1 N–H and O–H groups in total. The van der Waals surface area contributed by atoms with Crippen LogP contribution in [0.2, 0.25) is 0 Å². The van der Waals surface area contributed by atoms with E-state index in [0.717, 1.165) is 30.5 Å². The summed E-state index contributed by atoms with van der Waals surface area (Å²) in [6, 6.07) is 4.28. The number of thioether (sulfide) groups is 1. The zero-order valence-corrected chi connectivity index (χ0v) is 12.7. The first-order chi connectivity index (χ1) is 9.24. The summed E-state index contributed by atoms with van der Waals surface area (Å²) in [6.07, 6.45) is 4.81. The molecular weight excluding hydrogens is 256 g/mol. The Bertz CT molecular complexity index is 361. The first kappa shape index (κ1) is 14.8. The highest BCUT2D eigenvalue weighted by Crippen LogP contribution is 2.22. The van der Waals surface area contributed by atoms with E-state index in [1.807, 2.05) is 6.20 Å². The Kier molecular flexibility index (Phi) is 6.14. The van der Waals surface area contributed by atoms with Crippen molar-refractivity contribution in [1.29, 1.82) is 0 Å². The van der Waals surface area contributed by atoms with Gasteiger partial charge in [0.2, 0.25) is 0 Å². The molecule has 0 spiro atoms. The van der Waals surface area contributed by atoms with Gasteiger partial charge in [0.25, 0.3) is 0 Å². The summed E-state index contributed by atoms with van der Waals surface area (Å²) >= 11 is 1.80. The minimum absolute atomic E-state index is 0.430. The van der Waals surface area contributed by atoms with Crippen LogP contribution in [0.1, 0.15) is 32.3 Å². The van der Waals surface area contributed by atoms with Gasteiger partial charge < -0.3 is 10.1 Å². The maximum absolute atomic E-state index is 5.62. The number of nitrogens with one attached hydrogen (secondary N) is 1. The van der Waals surface area contributed by atoms with E-state index >= 15 is 0 Å². The standard InChI is InChI=1S/C15H24N2OS/c1-12(2)8-16-9-13-5-6-15(17-10-13)19-11-14-4-3-7-18-14/h5-6,10,12,14,16H,3-4,7-9,11H2,1-2H3. The molecule has 0 saturated carbocycles. The van der Waals surface area contributed by atoms with Crippen molar-refractivity contribution < 1.29 is 4.74 Å². The lowest BCUT2D eigenvalue weighted by Gasteiger charge is -2.09. The van der Waals surface area contributed by atoms with Gasteiger partial charge in [-0.1, -0.05) is 19.9 Å². The number of ether oxygens (including phenoxy) is 1. The fraction of sp³-hybridized carbons (Fsp3) is 0.667. The SMILES string of the molecule is CC(C)CNCc1ccc(SCC2CCCO2)nc1. The second-order valence-corrected chi connectivity index (χ2v) is 6.52. The molecule has 1 aromatic rings. The predicted molar refractivity (Wildman–Crippen MR) is 80.5 cm³/mol. The van der Waals surface area contributed by atoms with Crippen LogP contribution in [0.4, 0.5) is 0 Å². The van der Waals surface area contributed by atoms with Gasteiger partial charge in [0, 0.05) is 25.1 Å². The van der Waals surface area contributed by atoms with Crippen LogP contribution in [-0.4, -0.2) is 30.0 Å². The molecule has 1 unspecified atom stereocenters. The molecule has 1 aliphatic heterocycles. The van der Waals surface area contributed by atoms with Gasteiger partial charge >= 0.3 is 0 Å². The topological polar surface area (TPSA) is 34.1 Å². The van der Waals surface area contributed by atoms with Crippen LogP contribution >= 0.6 is 11.8 Å². The van der Waals surface area contributed by atoms with Gasteiger partial charge in [0.15, 0.2) is 0 Å². The van der Waals surface area contributed by atoms with Crippen molar-refractivity contribution in [2.75, 3.05) is 18.9 Å². The lowest BCUT2D eigenvalue weighted by molar-refractivity contribution is 0.129. The van der Waals surface area contributed by atoms with E-state index in [2.05, 4.69) is 36.3 Å². The van der Waals surface area contributed by atoms with Gasteiger partial charge in [-0.3, -0.25) is 0 Å². The molecule has 106 valence electrons. The molecule has 0 aromatic carbocycles. The fourth-order valence-electron chi connectivity index (χ4n) is 2.06. The Balaban J connectivity index is 1.71. The summed E-state index contributed by atoms with van der Waals surface area (Å²) in [7, 11) is 0. The molecular formula is C15H24N2OS. The second-order valence-electron chi connectivity index (χ2n) is 5.48. The average molecular weight is 280 g/mol. The van der Waals surface area contributed by atoms with E-state index in [1.165, 1.54) is 18.4 Å². The number of aromatic nitrogens is 1. The van der Waals surface area contributed by atoms with E-state index in [9.17, 15) is 0 Å². The average Bonchev–Trinajstić information content (AvgIpc) is 2.90. The highest BCUT2D eigenvalue weighted by atomic mass is 32.2. The molecule has 2 heterocycles. The summed E-state index contributed by atoms with van der Waals surface area (Å²) < 4.78 is 5.62. The smallest absolute Gasteiger partial charge is 0.0960 e. The minimum Gasteiger partial charge on any atom is -0.377 e. The Hall–Kier alpha value is -0.580. The van der Waals surface area contributed by atoms with Crippen molar-refractivity contribution >= 4 is 11.8 Å². The summed E-state index contributed by atoms with van der Waals surface area (Å²) in [4.78, 5) is 4.50. The highest BCUT2D eigenvalue weighted by molar-refractivity contribution is 7.99. The molecule has 1 fully saturated rings. The molecule has 0 bridgehead atoms. The number of hydrogen-bond donors (Lipinski definition) is 1. The first-order valence-corrected chi connectivity index (χ1v) is 8.12. The lowest BCUT2D eigenvalue weighted by Crippen LogP contribution is -2.19. The van der Waals surface area contributed by atoms with Crippen molar-refractivity contribution in [3.8, 4) is 0 Å². The zero-order chi connectivity index (χ0) is 13.5. The van der Waals surface area contributed by atoms with Crippen LogP contribution in [-0.2, 0) is 11.3 Å². The quantitative estimate of drug-likeness (QED) is 0.778. The highest BCUT2D eigenvalue weighted by Gasteiger charge is 2.15. The number of hydrogen-bond acceptors (Lipinski definition) is 4. The van der Waals surface area contributed by atoms with Crippen molar-refractivity contribution in [1.82, 2.24) is 10.3 Å². The molecule has 19 heavy (non-hydrogen) atoms. The largest absolute Gasteiger partial charge is 0.377 e. The van der Waals surface area contributed by atoms with Crippen LogP contribution in [0.5, 0.6) is 0 Å². The molecule has 0 radical (unpaired) electrons. The van der Waals surface area contributed by atoms with Gasteiger partial charge in [0.05, 0.1) is 11.1 Å². The molecule has 1 aromatic heterocycles. The first-order valence-electron chi connectivity index (χ1n) is 7.14. The monoisotopic (exact) mass is 280 g/mol. The molecule has 1 saturated heterocycles. The van der Waals surface area contributed by atoms with Crippen LogP contribution in [0.25, 0.3) is 0 Å². The van der Waals surface area contributed by atoms with Crippen molar-refractivity contribution in [2.45, 2.75) is 44.4 Å². The predicted octanol–water partition coefficient (Wildman–Crippen LogP) is 3.10. The lowest BCUT2D eigenvalue weighted by atomic mass is 10.2. The van der Waals surface area contributed by atoms with E-state index in [-0.39, 0.29) is 0 Å². The molecule has 0 aliphatic carbocycles. The summed E-state index contributed by atoms with van der Waals surface area (Å²) in [5, 5.41) is 4.53. The second kappa shape index (κ2) is 7.88. The van der Waals surface area contributed by atoms with Gasteiger partial charge in [-0.25, -0.2) is 4.98 Å². The third-order valence-corrected chi connectivity index (χ3v) is 4.20. The Morgan fingerprint density at radius 2 is 2.37 bits per heavy atom. The molecule has 0 amide bonds. The molecule has 1 atom stereocenters. The Morgan fingerprint density at radius 1 is 1.47 bits per heavy atom. The van der Waals surface area contributed by atoms with E-state index in [0.29, 0.717) is 12.0 Å². The molecule has 2 rings (SSSR count). The van der Waals surface area contributed by atoms with E-state index in [4.69, 9.17) is 4.74 Å². The third kappa shape index (κ3) is 5.51. The van der Waals surface area contributed by atoms with Crippen molar-refractivity contribution in [3.05, 3.63) is 23.9 Å². The Labute approximate surface area is 120 Å². The van der Waals surface area contributed by atoms with Crippen LogP contribution in [0, 0.1) is 5.92 Å². The Morgan fingerprint density at radius 3 is 3.00 bits per heavy atom. The minimum atomic E-state index is 0.430. The van der Waals surface area contributed by atoms with E-state index < -0.39 is 0 Å². The molecule has 4 heteroatoms. The van der Waals surface area contributed by atoms with Crippen molar-refractivity contribution in [3.63, 3.8) is 0 Å². The third-order valence-electron chi connectivity index (χ3n) is 3.12. The molecule has 1 aliphatic rings. The van der Waals surface area contributed by atoms with Gasteiger partial charge in [0.1, 0.15) is 0 Å². The van der Waals surface area contributed by atoms with Crippen molar-refractivity contribution in [2.24, 2.45) is 5.92 Å². The van der Waals surface area contributed by atoms with Gasteiger partial charge in [-0.05, 0) is 36.9 Å². The number of rotatable bonds is 7. The normalized spacial score (nSPS) is 19.2. The van der Waals surface area contributed by atoms with Gasteiger partial charge in [-0.2, -0.15) is 0 Å². The van der Waals surface area contributed by atoms with Crippen LogP contribution in [0.15, 0.2) is 23.4 Å². The zero-order valence-electron chi connectivity index (χ0n) is 11.9.